The highest BCUT2D eigenvalue weighted by Gasteiger charge is 2.46. The maximum atomic E-state index is 14.4. The smallest absolute Gasteiger partial charge is 0.136 e. The zero-order chi connectivity index (χ0) is 13.1. The Balaban J connectivity index is 2.40. The van der Waals surface area contributed by atoms with E-state index in [2.05, 4.69) is 32.6 Å². The fraction of sp³-hybridized carbons (Fsp3) is 0.429. The lowest BCUT2D eigenvalue weighted by atomic mass is 9.95. The highest BCUT2D eigenvalue weighted by molar-refractivity contribution is 14.1. The van der Waals surface area contributed by atoms with Crippen molar-refractivity contribution in [3.63, 3.8) is 0 Å². The van der Waals surface area contributed by atoms with Crippen molar-refractivity contribution in [2.24, 2.45) is 0 Å². The molecule has 0 amide bonds. The van der Waals surface area contributed by atoms with Gasteiger partial charge in [-0.1, -0.05) is 0 Å². The number of rotatable bonds is 1. The molecule has 0 unspecified atom stereocenters. The molecular formula is C14H14FIN2. The van der Waals surface area contributed by atoms with Gasteiger partial charge >= 0.3 is 0 Å². The van der Waals surface area contributed by atoms with Crippen molar-refractivity contribution in [1.29, 1.82) is 0 Å². The first-order valence-corrected chi connectivity index (χ1v) is 7.14. The average Bonchev–Trinajstić information content (AvgIpc) is 3.03. The lowest BCUT2D eigenvalue weighted by Crippen LogP contribution is -2.05. The average molecular weight is 356 g/mol. The number of halogens is 2. The summed E-state index contributed by atoms with van der Waals surface area (Å²) in [5.41, 5.74) is 2.80. The van der Waals surface area contributed by atoms with Crippen molar-refractivity contribution >= 4 is 33.5 Å². The van der Waals surface area contributed by atoms with Crippen LogP contribution in [-0.2, 0) is 5.67 Å². The van der Waals surface area contributed by atoms with Crippen molar-refractivity contribution in [2.75, 3.05) is 0 Å². The number of alkyl halides is 1. The van der Waals surface area contributed by atoms with Crippen LogP contribution in [0, 0.1) is 24.5 Å². The number of fused-ring (bicyclic) bond motifs is 1. The molecule has 2 aromatic rings. The van der Waals surface area contributed by atoms with E-state index in [1.54, 1.807) is 0 Å². The molecule has 0 N–H and O–H groups in total. The highest BCUT2D eigenvalue weighted by Crippen LogP contribution is 2.51. The maximum Gasteiger partial charge on any atom is 0.136 e. The standard InChI is InChI=1S/C14H14FIN2/c1-7-8(2)12-10(13(16)18-9(3)17-12)6-11(7)14(15)4-5-14/h6H,4-5H2,1-3H3. The molecule has 0 spiro atoms. The molecule has 1 fully saturated rings. The van der Waals surface area contributed by atoms with E-state index < -0.39 is 5.67 Å². The summed E-state index contributed by atoms with van der Waals surface area (Å²) in [7, 11) is 0. The zero-order valence-electron chi connectivity index (χ0n) is 10.6. The minimum Gasteiger partial charge on any atom is -0.239 e. The molecule has 1 aromatic heterocycles. The molecule has 0 aliphatic heterocycles. The predicted molar refractivity (Wildman–Crippen MR) is 78.5 cm³/mol. The van der Waals surface area contributed by atoms with Crippen molar-refractivity contribution in [1.82, 2.24) is 9.97 Å². The minimum atomic E-state index is -1.10. The van der Waals surface area contributed by atoms with Gasteiger partial charge in [-0.25, -0.2) is 14.4 Å². The van der Waals surface area contributed by atoms with Crippen molar-refractivity contribution < 1.29 is 4.39 Å². The van der Waals surface area contributed by atoms with E-state index in [1.807, 2.05) is 26.8 Å². The summed E-state index contributed by atoms with van der Waals surface area (Å²) >= 11 is 2.20. The molecule has 94 valence electrons. The third-order valence-electron chi connectivity index (χ3n) is 3.79. The van der Waals surface area contributed by atoms with Gasteiger partial charge in [0.2, 0.25) is 0 Å². The number of nitrogens with zero attached hydrogens (tertiary/aromatic N) is 2. The van der Waals surface area contributed by atoms with Crippen molar-refractivity contribution in [3.8, 4) is 0 Å². The molecule has 3 rings (SSSR count). The lowest BCUT2D eigenvalue weighted by Gasteiger charge is -2.15. The van der Waals surface area contributed by atoms with Crippen LogP contribution in [-0.4, -0.2) is 9.97 Å². The third-order valence-corrected chi connectivity index (χ3v) is 4.62. The van der Waals surface area contributed by atoms with E-state index in [-0.39, 0.29) is 0 Å². The molecule has 1 heterocycles. The summed E-state index contributed by atoms with van der Waals surface area (Å²) in [6, 6.07) is 1.95. The van der Waals surface area contributed by atoms with Crippen LogP contribution in [0.25, 0.3) is 10.9 Å². The van der Waals surface area contributed by atoms with Gasteiger partial charge in [0, 0.05) is 5.39 Å². The van der Waals surface area contributed by atoms with Gasteiger partial charge in [0.15, 0.2) is 0 Å². The Hall–Kier alpha value is -0.780. The van der Waals surface area contributed by atoms with Crippen LogP contribution in [0.1, 0.15) is 35.4 Å². The van der Waals surface area contributed by atoms with Crippen LogP contribution >= 0.6 is 22.6 Å². The van der Waals surface area contributed by atoms with Gasteiger partial charge in [-0.05, 0) is 79.0 Å². The molecule has 1 aromatic carbocycles. The van der Waals surface area contributed by atoms with Gasteiger partial charge in [0.25, 0.3) is 0 Å². The van der Waals surface area contributed by atoms with E-state index in [0.29, 0.717) is 12.8 Å². The molecule has 0 radical (unpaired) electrons. The predicted octanol–water partition coefficient (Wildman–Crippen LogP) is 4.12. The summed E-state index contributed by atoms with van der Waals surface area (Å²) in [6.45, 7) is 5.91. The Bertz CT molecular complexity index is 663. The third kappa shape index (κ3) is 1.73. The summed E-state index contributed by atoms with van der Waals surface area (Å²) in [5.74, 6) is 0.767. The van der Waals surface area contributed by atoms with E-state index in [4.69, 9.17) is 0 Å². The molecule has 4 heteroatoms. The molecule has 1 aliphatic rings. The molecule has 0 bridgehead atoms. The van der Waals surface area contributed by atoms with E-state index in [1.165, 1.54) is 0 Å². The number of aryl methyl sites for hydroxylation is 2. The minimum absolute atomic E-state index is 0.641. The quantitative estimate of drug-likeness (QED) is 0.568. The molecule has 2 nitrogen and oxygen atoms in total. The molecule has 0 atom stereocenters. The number of aromatic nitrogens is 2. The van der Waals surface area contributed by atoms with Crippen LogP contribution in [0.3, 0.4) is 0 Å². The first kappa shape index (κ1) is 12.3. The second-order valence-corrected chi connectivity index (χ2v) is 6.12. The summed E-state index contributed by atoms with van der Waals surface area (Å²) in [5, 5.41) is 0.975. The van der Waals surface area contributed by atoms with E-state index in [9.17, 15) is 4.39 Å². The van der Waals surface area contributed by atoms with Crippen LogP contribution in [0.15, 0.2) is 6.07 Å². The Kier molecular flexibility index (Phi) is 2.63. The molecular weight excluding hydrogens is 342 g/mol. The van der Waals surface area contributed by atoms with Gasteiger partial charge < -0.3 is 0 Å². The molecule has 1 aliphatic carbocycles. The van der Waals surface area contributed by atoms with Gasteiger partial charge in [-0.2, -0.15) is 0 Å². The Morgan fingerprint density at radius 3 is 2.44 bits per heavy atom. The van der Waals surface area contributed by atoms with Crippen LogP contribution in [0.4, 0.5) is 4.39 Å². The highest BCUT2D eigenvalue weighted by atomic mass is 127. The van der Waals surface area contributed by atoms with Crippen LogP contribution < -0.4 is 0 Å². The Labute approximate surface area is 119 Å². The summed E-state index contributed by atoms with van der Waals surface area (Å²) in [4.78, 5) is 8.87. The van der Waals surface area contributed by atoms with E-state index in [0.717, 1.165) is 37.1 Å². The van der Waals surface area contributed by atoms with E-state index >= 15 is 0 Å². The second-order valence-electron chi connectivity index (χ2n) is 5.10. The molecule has 0 saturated heterocycles. The first-order chi connectivity index (χ1) is 8.42. The van der Waals surface area contributed by atoms with Crippen LogP contribution in [0.2, 0.25) is 0 Å². The zero-order valence-corrected chi connectivity index (χ0v) is 12.8. The second kappa shape index (κ2) is 3.85. The Morgan fingerprint density at radius 2 is 1.83 bits per heavy atom. The maximum absolute atomic E-state index is 14.4. The van der Waals surface area contributed by atoms with Gasteiger partial charge in [-0.15, -0.1) is 0 Å². The normalized spacial score (nSPS) is 17.2. The topological polar surface area (TPSA) is 25.8 Å². The number of hydrogen-bond donors (Lipinski definition) is 0. The molecule has 18 heavy (non-hydrogen) atoms. The van der Waals surface area contributed by atoms with Crippen LogP contribution in [0.5, 0.6) is 0 Å². The lowest BCUT2D eigenvalue weighted by molar-refractivity contribution is 0.316. The van der Waals surface area contributed by atoms with Crippen molar-refractivity contribution in [2.45, 2.75) is 39.3 Å². The fourth-order valence-corrected chi connectivity index (χ4v) is 3.20. The monoisotopic (exact) mass is 356 g/mol. The SMILES string of the molecule is Cc1nc(I)c2cc(C3(F)CC3)c(C)c(C)c2n1. The van der Waals surface area contributed by atoms with Gasteiger partial charge in [0.05, 0.1) is 5.52 Å². The number of hydrogen-bond acceptors (Lipinski definition) is 2. The molecule has 1 saturated carbocycles. The van der Waals surface area contributed by atoms with Gasteiger partial charge in [-0.3, -0.25) is 0 Å². The van der Waals surface area contributed by atoms with Crippen molar-refractivity contribution in [3.05, 3.63) is 32.3 Å². The summed E-state index contributed by atoms with van der Waals surface area (Å²) < 4.78 is 15.3. The largest absolute Gasteiger partial charge is 0.239 e. The summed E-state index contributed by atoms with van der Waals surface area (Å²) in [6.07, 6.45) is 1.28. The fourth-order valence-electron chi connectivity index (χ4n) is 2.44. The first-order valence-electron chi connectivity index (χ1n) is 6.06. The Morgan fingerprint density at radius 1 is 1.17 bits per heavy atom. The van der Waals surface area contributed by atoms with Gasteiger partial charge in [0.1, 0.15) is 15.2 Å². The number of benzene rings is 1.